The monoisotopic (exact) mass is 336 g/mol. The van der Waals surface area contributed by atoms with Crippen molar-refractivity contribution in [2.45, 2.75) is 45.8 Å². The van der Waals surface area contributed by atoms with Crippen LogP contribution in [0.25, 0.3) is 0 Å². The summed E-state index contributed by atoms with van der Waals surface area (Å²) in [6.45, 7) is 6.30. The molecule has 0 saturated heterocycles. The second kappa shape index (κ2) is 6.55. The summed E-state index contributed by atoms with van der Waals surface area (Å²) in [5.41, 5.74) is 2.97. The van der Waals surface area contributed by atoms with Gasteiger partial charge < -0.3 is 5.11 Å². The highest BCUT2D eigenvalue weighted by Crippen LogP contribution is 2.26. The van der Waals surface area contributed by atoms with Crippen molar-refractivity contribution in [1.29, 1.82) is 0 Å². The summed E-state index contributed by atoms with van der Waals surface area (Å²) in [5, 5.41) is 15.0. The zero-order chi connectivity index (χ0) is 14.7. The number of halogens is 1. The molecule has 4 heteroatoms. The molecule has 3 nitrogen and oxygen atoms in total. The van der Waals surface area contributed by atoms with Gasteiger partial charge in [0.1, 0.15) is 0 Å². The van der Waals surface area contributed by atoms with Gasteiger partial charge in [0.15, 0.2) is 0 Å². The van der Waals surface area contributed by atoms with Gasteiger partial charge in [-0.25, -0.2) is 0 Å². The number of hydrogen-bond donors (Lipinski definition) is 1. The minimum Gasteiger partial charge on any atom is -0.388 e. The molecule has 0 saturated carbocycles. The first-order chi connectivity index (χ1) is 9.52. The van der Waals surface area contributed by atoms with Crippen LogP contribution in [0.1, 0.15) is 49.2 Å². The SMILES string of the molecule is CCC(C)n1ccc(CC(O)c2cccc(Br)c2C)n1. The molecule has 0 fully saturated rings. The second-order valence-electron chi connectivity index (χ2n) is 5.22. The minimum atomic E-state index is -0.521. The smallest absolute Gasteiger partial charge is 0.0849 e. The number of nitrogens with zero attached hydrogens (tertiary/aromatic N) is 2. The van der Waals surface area contributed by atoms with Crippen LogP contribution in [0.2, 0.25) is 0 Å². The quantitative estimate of drug-likeness (QED) is 0.888. The largest absolute Gasteiger partial charge is 0.388 e. The van der Waals surface area contributed by atoms with Gasteiger partial charge in [-0.3, -0.25) is 4.68 Å². The summed E-state index contributed by atoms with van der Waals surface area (Å²) >= 11 is 3.50. The van der Waals surface area contributed by atoms with Gasteiger partial charge in [-0.05, 0) is 43.5 Å². The van der Waals surface area contributed by atoms with Crippen molar-refractivity contribution in [2.24, 2.45) is 0 Å². The molecule has 0 aliphatic heterocycles. The molecule has 0 amide bonds. The molecule has 0 bridgehead atoms. The molecule has 2 unspecified atom stereocenters. The number of aliphatic hydroxyl groups is 1. The van der Waals surface area contributed by atoms with Crippen LogP contribution in [0.15, 0.2) is 34.9 Å². The number of aromatic nitrogens is 2. The molecule has 2 aromatic rings. The van der Waals surface area contributed by atoms with E-state index in [2.05, 4.69) is 34.9 Å². The van der Waals surface area contributed by atoms with Crippen LogP contribution in [0, 0.1) is 6.92 Å². The Bertz CT molecular complexity index is 580. The van der Waals surface area contributed by atoms with Crippen molar-refractivity contribution in [3.05, 3.63) is 51.8 Å². The third-order valence-corrected chi connectivity index (χ3v) is 4.64. The second-order valence-corrected chi connectivity index (χ2v) is 6.07. The van der Waals surface area contributed by atoms with E-state index in [1.165, 1.54) is 0 Å². The van der Waals surface area contributed by atoms with E-state index in [1.54, 1.807) is 0 Å². The molecule has 1 N–H and O–H groups in total. The molecule has 1 heterocycles. The van der Waals surface area contributed by atoms with Crippen LogP contribution in [-0.2, 0) is 6.42 Å². The first-order valence-corrected chi connectivity index (χ1v) is 7.79. The molecule has 2 rings (SSSR count). The average Bonchev–Trinajstić information content (AvgIpc) is 2.89. The van der Waals surface area contributed by atoms with E-state index in [4.69, 9.17) is 0 Å². The Kier molecular flexibility index (Phi) is 5.00. The Labute approximate surface area is 128 Å². The van der Waals surface area contributed by atoms with Crippen molar-refractivity contribution in [3.63, 3.8) is 0 Å². The average molecular weight is 337 g/mol. The molecular formula is C16H21BrN2O. The number of benzene rings is 1. The third kappa shape index (κ3) is 3.30. The highest BCUT2D eigenvalue weighted by molar-refractivity contribution is 9.10. The van der Waals surface area contributed by atoms with Gasteiger partial charge >= 0.3 is 0 Å². The van der Waals surface area contributed by atoms with Crippen LogP contribution in [0.4, 0.5) is 0 Å². The minimum absolute atomic E-state index is 0.397. The van der Waals surface area contributed by atoms with Crippen molar-refractivity contribution in [2.75, 3.05) is 0 Å². The van der Waals surface area contributed by atoms with E-state index in [9.17, 15) is 5.11 Å². The van der Waals surface area contributed by atoms with E-state index >= 15 is 0 Å². The lowest BCUT2D eigenvalue weighted by Crippen LogP contribution is -2.08. The summed E-state index contributed by atoms with van der Waals surface area (Å²) in [4.78, 5) is 0. The fourth-order valence-corrected chi connectivity index (χ4v) is 2.59. The number of hydrogen-bond acceptors (Lipinski definition) is 2. The molecule has 2 atom stereocenters. The normalized spacial score (nSPS) is 14.2. The summed E-state index contributed by atoms with van der Waals surface area (Å²) < 4.78 is 3.00. The molecule has 1 aromatic carbocycles. The molecule has 20 heavy (non-hydrogen) atoms. The lowest BCUT2D eigenvalue weighted by atomic mass is 10.0. The van der Waals surface area contributed by atoms with Crippen molar-refractivity contribution >= 4 is 15.9 Å². The Hall–Kier alpha value is -1.13. The maximum absolute atomic E-state index is 10.4. The Balaban J connectivity index is 2.13. The van der Waals surface area contributed by atoms with E-state index in [-0.39, 0.29) is 0 Å². The predicted molar refractivity (Wildman–Crippen MR) is 84.8 cm³/mol. The summed E-state index contributed by atoms with van der Waals surface area (Å²) in [5.74, 6) is 0. The lowest BCUT2D eigenvalue weighted by molar-refractivity contribution is 0.176. The zero-order valence-electron chi connectivity index (χ0n) is 12.2. The van der Waals surface area contributed by atoms with Gasteiger partial charge in [0.05, 0.1) is 11.8 Å². The Morgan fingerprint density at radius 3 is 2.80 bits per heavy atom. The third-order valence-electron chi connectivity index (χ3n) is 3.78. The molecule has 0 spiro atoms. The van der Waals surface area contributed by atoms with Gasteiger partial charge in [-0.2, -0.15) is 5.10 Å². The molecule has 0 aliphatic carbocycles. The standard InChI is InChI=1S/C16H21BrN2O/c1-4-11(2)19-9-8-13(18-19)10-16(20)14-6-5-7-15(17)12(14)3/h5-9,11,16,20H,4,10H2,1-3H3. The van der Waals surface area contributed by atoms with Gasteiger partial charge in [0.2, 0.25) is 0 Å². The highest BCUT2D eigenvalue weighted by Gasteiger charge is 2.14. The predicted octanol–water partition coefficient (Wildman–Crippen LogP) is 4.20. The van der Waals surface area contributed by atoms with E-state index in [1.807, 2.05) is 42.1 Å². The van der Waals surface area contributed by atoms with E-state index in [0.29, 0.717) is 12.5 Å². The topological polar surface area (TPSA) is 38.0 Å². The van der Waals surface area contributed by atoms with Crippen molar-refractivity contribution in [1.82, 2.24) is 9.78 Å². The lowest BCUT2D eigenvalue weighted by Gasteiger charge is -2.14. The molecule has 0 aliphatic rings. The zero-order valence-corrected chi connectivity index (χ0v) is 13.8. The van der Waals surface area contributed by atoms with Crippen molar-refractivity contribution < 1.29 is 5.11 Å². The van der Waals surface area contributed by atoms with E-state index < -0.39 is 6.10 Å². The highest BCUT2D eigenvalue weighted by atomic mass is 79.9. The van der Waals surface area contributed by atoms with Gasteiger partial charge in [-0.1, -0.05) is 35.0 Å². The fraction of sp³-hybridized carbons (Fsp3) is 0.438. The summed E-state index contributed by atoms with van der Waals surface area (Å²) in [7, 11) is 0. The first kappa shape index (κ1) is 15.3. The van der Waals surface area contributed by atoms with Crippen LogP contribution in [0.3, 0.4) is 0 Å². The van der Waals surface area contributed by atoms with Crippen LogP contribution >= 0.6 is 15.9 Å². The summed E-state index contributed by atoms with van der Waals surface area (Å²) in [6.07, 6.45) is 3.06. The number of aliphatic hydroxyl groups excluding tert-OH is 1. The summed E-state index contributed by atoms with van der Waals surface area (Å²) in [6, 6.07) is 8.30. The Morgan fingerprint density at radius 1 is 1.35 bits per heavy atom. The number of rotatable bonds is 5. The van der Waals surface area contributed by atoms with Crippen molar-refractivity contribution in [3.8, 4) is 0 Å². The van der Waals surface area contributed by atoms with E-state index in [0.717, 1.165) is 27.7 Å². The van der Waals surface area contributed by atoms with Gasteiger partial charge in [0.25, 0.3) is 0 Å². The maximum atomic E-state index is 10.4. The molecule has 0 radical (unpaired) electrons. The maximum Gasteiger partial charge on any atom is 0.0849 e. The van der Waals surface area contributed by atoms with Crippen LogP contribution < -0.4 is 0 Å². The first-order valence-electron chi connectivity index (χ1n) is 7.00. The van der Waals surface area contributed by atoms with Crippen LogP contribution in [-0.4, -0.2) is 14.9 Å². The Morgan fingerprint density at radius 2 is 2.10 bits per heavy atom. The van der Waals surface area contributed by atoms with Crippen LogP contribution in [0.5, 0.6) is 0 Å². The fourth-order valence-electron chi connectivity index (χ4n) is 2.21. The van der Waals surface area contributed by atoms with Gasteiger partial charge in [0, 0.05) is 23.1 Å². The van der Waals surface area contributed by atoms with Gasteiger partial charge in [-0.15, -0.1) is 0 Å². The molecule has 108 valence electrons. The molecular weight excluding hydrogens is 316 g/mol. The molecule has 1 aromatic heterocycles.